The Hall–Kier alpha value is -2.11. The molecule has 0 aliphatic heterocycles. The highest BCUT2D eigenvalue weighted by Gasteiger charge is 2.03. The number of aromatic nitrogens is 1. The lowest BCUT2D eigenvalue weighted by atomic mass is 10.2. The molecule has 3 N–H and O–H groups in total. The first kappa shape index (κ1) is 12.0. The minimum Gasteiger partial charge on any atom is -0.481 e. The molecule has 0 aliphatic carbocycles. The normalized spacial score (nSPS) is 9.75. The monoisotopic (exact) mass is 224 g/mol. The van der Waals surface area contributed by atoms with E-state index < -0.39 is 11.9 Å². The van der Waals surface area contributed by atoms with Crippen molar-refractivity contribution in [1.82, 2.24) is 4.98 Å². The van der Waals surface area contributed by atoms with Gasteiger partial charge in [-0.15, -0.1) is 0 Å². The Morgan fingerprint density at radius 2 is 2.06 bits per heavy atom. The maximum atomic E-state index is 10.6. The van der Waals surface area contributed by atoms with E-state index in [0.29, 0.717) is 18.7 Å². The zero-order valence-electron chi connectivity index (χ0n) is 8.51. The van der Waals surface area contributed by atoms with Gasteiger partial charge in [0.05, 0.1) is 11.3 Å². The molecule has 1 aromatic heterocycles. The number of carboxylic acids is 2. The fourth-order valence-electron chi connectivity index (χ4n) is 1.13. The van der Waals surface area contributed by atoms with E-state index in [1.807, 2.05) is 0 Å². The van der Waals surface area contributed by atoms with Crippen LogP contribution in [0.2, 0.25) is 0 Å². The lowest BCUT2D eigenvalue weighted by Gasteiger charge is -2.05. The lowest BCUT2D eigenvalue weighted by Crippen LogP contribution is -2.06. The van der Waals surface area contributed by atoms with E-state index in [2.05, 4.69) is 10.3 Å². The van der Waals surface area contributed by atoms with Gasteiger partial charge in [0.15, 0.2) is 0 Å². The van der Waals surface area contributed by atoms with Gasteiger partial charge >= 0.3 is 11.9 Å². The summed E-state index contributed by atoms with van der Waals surface area (Å²) in [4.78, 5) is 24.6. The van der Waals surface area contributed by atoms with Crippen molar-refractivity contribution in [3.05, 3.63) is 24.0 Å². The lowest BCUT2D eigenvalue weighted by molar-refractivity contribution is -0.137. The van der Waals surface area contributed by atoms with E-state index in [0.717, 1.165) is 0 Å². The largest absolute Gasteiger partial charge is 0.481 e. The molecule has 1 rings (SSSR count). The molecule has 0 amide bonds. The highest BCUT2D eigenvalue weighted by Crippen LogP contribution is 2.08. The van der Waals surface area contributed by atoms with Crippen LogP contribution in [0.5, 0.6) is 0 Å². The Bertz CT molecular complexity index is 392. The van der Waals surface area contributed by atoms with Crippen LogP contribution in [0.25, 0.3) is 0 Å². The van der Waals surface area contributed by atoms with Crippen molar-refractivity contribution in [2.24, 2.45) is 0 Å². The topological polar surface area (TPSA) is 99.5 Å². The van der Waals surface area contributed by atoms with Gasteiger partial charge in [-0.2, -0.15) is 0 Å². The molecule has 0 radical (unpaired) electrons. The molecule has 6 heteroatoms. The molecule has 0 spiro atoms. The van der Waals surface area contributed by atoms with E-state index in [1.165, 1.54) is 18.5 Å². The highest BCUT2D eigenvalue weighted by molar-refractivity contribution is 5.88. The van der Waals surface area contributed by atoms with Crippen molar-refractivity contribution in [2.45, 2.75) is 12.8 Å². The first-order valence-corrected chi connectivity index (χ1v) is 4.73. The molecule has 0 bridgehead atoms. The minimum absolute atomic E-state index is 0.0824. The minimum atomic E-state index is -1.04. The van der Waals surface area contributed by atoms with Crippen LogP contribution in [0.4, 0.5) is 5.69 Å². The second-order valence-electron chi connectivity index (χ2n) is 3.19. The fraction of sp³-hybridized carbons (Fsp3) is 0.300. The van der Waals surface area contributed by atoms with Crippen molar-refractivity contribution in [2.75, 3.05) is 11.9 Å². The van der Waals surface area contributed by atoms with Gasteiger partial charge in [0.2, 0.25) is 0 Å². The number of hydrogen-bond acceptors (Lipinski definition) is 4. The maximum Gasteiger partial charge on any atom is 0.337 e. The average molecular weight is 224 g/mol. The number of rotatable bonds is 6. The van der Waals surface area contributed by atoms with Gasteiger partial charge in [-0.1, -0.05) is 0 Å². The quantitative estimate of drug-likeness (QED) is 0.625. The van der Waals surface area contributed by atoms with E-state index in [9.17, 15) is 9.59 Å². The summed E-state index contributed by atoms with van der Waals surface area (Å²) in [5.41, 5.74) is 0.675. The SMILES string of the molecule is O=C(O)CCCNc1cncc(C(=O)O)c1. The van der Waals surface area contributed by atoms with Gasteiger partial charge < -0.3 is 15.5 Å². The van der Waals surface area contributed by atoms with Gasteiger partial charge in [0.1, 0.15) is 0 Å². The van der Waals surface area contributed by atoms with Crippen LogP contribution in [-0.2, 0) is 4.79 Å². The third kappa shape index (κ3) is 3.95. The predicted octanol–water partition coefficient (Wildman–Crippen LogP) is 1.06. The molecule has 0 aliphatic rings. The first-order valence-electron chi connectivity index (χ1n) is 4.73. The van der Waals surface area contributed by atoms with Gasteiger partial charge in [0, 0.05) is 25.4 Å². The molecule has 0 unspecified atom stereocenters. The number of aromatic carboxylic acids is 1. The van der Waals surface area contributed by atoms with Crippen molar-refractivity contribution in [1.29, 1.82) is 0 Å². The number of carboxylic acid groups (broad SMARTS) is 2. The van der Waals surface area contributed by atoms with Crippen molar-refractivity contribution in [3.8, 4) is 0 Å². The molecule has 16 heavy (non-hydrogen) atoms. The number of hydrogen-bond donors (Lipinski definition) is 3. The van der Waals surface area contributed by atoms with Gasteiger partial charge in [-0.25, -0.2) is 4.79 Å². The summed E-state index contributed by atoms with van der Waals surface area (Å²) in [6.45, 7) is 0.469. The van der Waals surface area contributed by atoms with E-state index in [4.69, 9.17) is 10.2 Å². The van der Waals surface area contributed by atoms with Gasteiger partial charge in [0.25, 0.3) is 0 Å². The number of pyridine rings is 1. The number of anilines is 1. The number of aliphatic carboxylic acids is 1. The van der Waals surface area contributed by atoms with Crippen LogP contribution >= 0.6 is 0 Å². The Morgan fingerprint density at radius 3 is 2.69 bits per heavy atom. The Morgan fingerprint density at radius 1 is 1.31 bits per heavy atom. The molecule has 0 saturated carbocycles. The third-order valence-electron chi connectivity index (χ3n) is 1.88. The summed E-state index contributed by atoms with van der Waals surface area (Å²) in [5, 5.41) is 20.0. The summed E-state index contributed by atoms with van der Waals surface area (Å²) in [7, 11) is 0. The van der Waals surface area contributed by atoms with Crippen molar-refractivity contribution < 1.29 is 19.8 Å². The molecule has 6 nitrogen and oxygen atoms in total. The summed E-state index contributed by atoms with van der Waals surface area (Å²) in [5.74, 6) is -1.89. The van der Waals surface area contributed by atoms with E-state index in [1.54, 1.807) is 0 Å². The van der Waals surface area contributed by atoms with E-state index in [-0.39, 0.29) is 12.0 Å². The molecule has 0 aromatic carbocycles. The Kier molecular flexibility index (Phi) is 4.26. The average Bonchev–Trinajstić information content (AvgIpc) is 2.24. The zero-order valence-corrected chi connectivity index (χ0v) is 8.51. The number of carbonyl (C=O) groups is 2. The Labute approximate surface area is 91.9 Å². The second-order valence-corrected chi connectivity index (χ2v) is 3.19. The molecule has 0 fully saturated rings. The number of nitrogens with one attached hydrogen (secondary N) is 1. The van der Waals surface area contributed by atoms with Crippen LogP contribution in [0.3, 0.4) is 0 Å². The van der Waals surface area contributed by atoms with E-state index >= 15 is 0 Å². The van der Waals surface area contributed by atoms with Crippen LogP contribution in [-0.4, -0.2) is 33.7 Å². The molecule has 0 saturated heterocycles. The fourth-order valence-corrected chi connectivity index (χ4v) is 1.13. The molecule has 0 atom stereocenters. The maximum absolute atomic E-state index is 10.6. The Balaban J connectivity index is 2.45. The van der Waals surface area contributed by atoms with Crippen LogP contribution in [0.15, 0.2) is 18.5 Å². The standard InChI is InChI=1S/C10H12N2O4/c13-9(14)2-1-3-12-8-4-7(10(15)16)5-11-6-8/h4-6,12H,1-3H2,(H,13,14)(H,15,16). The van der Waals surface area contributed by atoms with Crippen molar-refractivity contribution in [3.63, 3.8) is 0 Å². The molecule has 1 heterocycles. The van der Waals surface area contributed by atoms with Crippen LogP contribution in [0, 0.1) is 0 Å². The predicted molar refractivity (Wildman–Crippen MR) is 56.6 cm³/mol. The summed E-state index contributed by atoms with van der Waals surface area (Å²) < 4.78 is 0. The van der Waals surface area contributed by atoms with Gasteiger partial charge in [-0.05, 0) is 12.5 Å². The van der Waals surface area contributed by atoms with Crippen molar-refractivity contribution >= 4 is 17.6 Å². The zero-order chi connectivity index (χ0) is 12.0. The van der Waals surface area contributed by atoms with Gasteiger partial charge in [-0.3, -0.25) is 9.78 Å². The molecular weight excluding hydrogens is 212 g/mol. The highest BCUT2D eigenvalue weighted by atomic mass is 16.4. The molecular formula is C10H12N2O4. The second kappa shape index (κ2) is 5.69. The smallest absolute Gasteiger partial charge is 0.337 e. The first-order chi connectivity index (χ1) is 7.59. The molecule has 86 valence electrons. The summed E-state index contributed by atoms with van der Waals surface area (Å²) in [6.07, 6.45) is 3.31. The summed E-state index contributed by atoms with van der Waals surface area (Å²) in [6, 6.07) is 1.45. The molecule has 1 aromatic rings. The third-order valence-corrected chi connectivity index (χ3v) is 1.88. The van der Waals surface area contributed by atoms with Crippen LogP contribution < -0.4 is 5.32 Å². The van der Waals surface area contributed by atoms with Crippen LogP contribution in [0.1, 0.15) is 23.2 Å². The summed E-state index contributed by atoms with van der Waals surface area (Å²) >= 11 is 0. The number of nitrogens with zero attached hydrogens (tertiary/aromatic N) is 1.